The van der Waals surface area contributed by atoms with Gasteiger partial charge in [-0.25, -0.2) is 0 Å². The summed E-state index contributed by atoms with van der Waals surface area (Å²) in [7, 11) is 0. The zero-order valence-corrected chi connectivity index (χ0v) is 10.2. The maximum atomic E-state index is 6.03. The minimum Gasteiger partial charge on any atom is -0.308 e. The zero-order chi connectivity index (χ0) is 10.8. The molecular weight excluding hydrogens is 217 g/mol. The molecule has 0 atom stereocenters. The molecule has 0 saturated heterocycles. The summed E-state index contributed by atoms with van der Waals surface area (Å²) in [4.78, 5) is 0. The molecule has 3 heteroatoms. The van der Waals surface area contributed by atoms with Crippen LogP contribution in [0.3, 0.4) is 0 Å². The molecule has 0 aromatic heterocycles. The lowest BCUT2D eigenvalue weighted by Crippen LogP contribution is -2.35. The predicted octanol–water partition coefficient (Wildman–Crippen LogP) is 3.88. The summed E-state index contributed by atoms with van der Waals surface area (Å²) in [5.74, 6) is 0. The highest BCUT2D eigenvalue weighted by molar-refractivity contribution is 6.33. The molecule has 0 bridgehead atoms. The molecule has 0 amide bonds. The zero-order valence-electron chi connectivity index (χ0n) is 8.70. The van der Waals surface area contributed by atoms with Crippen molar-refractivity contribution in [3.05, 3.63) is 33.8 Å². The molecule has 1 aromatic rings. The Morgan fingerprint density at radius 3 is 2.43 bits per heavy atom. The molecule has 0 aliphatic carbocycles. The second-order valence-electron chi connectivity index (χ2n) is 4.34. The van der Waals surface area contributed by atoms with Gasteiger partial charge in [-0.2, -0.15) is 0 Å². The third kappa shape index (κ3) is 3.87. The van der Waals surface area contributed by atoms with Crippen LogP contribution < -0.4 is 5.32 Å². The Morgan fingerprint density at radius 1 is 1.21 bits per heavy atom. The highest BCUT2D eigenvalue weighted by Gasteiger charge is 2.09. The third-order valence-electron chi connectivity index (χ3n) is 1.82. The first-order chi connectivity index (χ1) is 6.38. The van der Waals surface area contributed by atoms with Gasteiger partial charge in [-0.15, -0.1) is 0 Å². The van der Waals surface area contributed by atoms with Crippen molar-refractivity contribution in [1.82, 2.24) is 5.32 Å². The van der Waals surface area contributed by atoms with Crippen LogP contribution in [0.2, 0.25) is 10.0 Å². The van der Waals surface area contributed by atoms with Crippen LogP contribution >= 0.6 is 23.2 Å². The van der Waals surface area contributed by atoms with E-state index in [1.54, 1.807) is 6.07 Å². The Bertz CT molecular complexity index is 316. The van der Waals surface area contributed by atoms with Gasteiger partial charge in [0.1, 0.15) is 0 Å². The topological polar surface area (TPSA) is 12.0 Å². The highest BCUT2D eigenvalue weighted by atomic mass is 35.5. The van der Waals surface area contributed by atoms with Gasteiger partial charge in [0.15, 0.2) is 0 Å². The van der Waals surface area contributed by atoms with Crippen molar-refractivity contribution < 1.29 is 0 Å². The van der Waals surface area contributed by atoms with Gasteiger partial charge in [-0.1, -0.05) is 23.2 Å². The summed E-state index contributed by atoms with van der Waals surface area (Å²) in [5.41, 5.74) is 1.13. The van der Waals surface area contributed by atoms with Crippen molar-refractivity contribution in [3.8, 4) is 0 Å². The van der Waals surface area contributed by atoms with E-state index in [1.165, 1.54) is 0 Å². The molecule has 1 N–H and O–H groups in total. The van der Waals surface area contributed by atoms with Crippen molar-refractivity contribution in [2.45, 2.75) is 32.9 Å². The van der Waals surface area contributed by atoms with Crippen molar-refractivity contribution >= 4 is 23.2 Å². The molecular formula is C11H15Cl2N. The van der Waals surface area contributed by atoms with Crippen molar-refractivity contribution in [1.29, 1.82) is 0 Å². The van der Waals surface area contributed by atoms with E-state index in [0.717, 1.165) is 22.2 Å². The number of rotatable bonds is 2. The lowest BCUT2D eigenvalue weighted by molar-refractivity contribution is 0.424. The van der Waals surface area contributed by atoms with Crippen molar-refractivity contribution in [2.75, 3.05) is 0 Å². The second-order valence-corrected chi connectivity index (χ2v) is 5.18. The van der Waals surface area contributed by atoms with Crippen LogP contribution in [0.25, 0.3) is 0 Å². The van der Waals surface area contributed by atoms with E-state index in [1.807, 2.05) is 12.1 Å². The molecule has 0 radical (unpaired) electrons. The monoisotopic (exact) mass is 231 g/mol. The summed E-state index contributed by atoms with van der Waals surface area (Å²) in [6.45, 7) is 7.09. The van der Waals surface area contributed by atoms with Gasteiger partial charge in [0.05, 0.1) is 0 Å². The summed E-state index contributed by atoms with van der Waals surface area (Å²) in [6, 6.07) is 5.51. The van der Waals surface area contributed by atoms with Gasteiger partial charge in [-0.05, 0) is 44.5 Å². The van der Waals surface area contributed by atoms with Gasteiger partial charge in [0.25, 0.3) is 0 Å². The molecule has 78 valence electrons. The SMILES string of the molecule is CC(C)(C)NCc1cc(Cl)ccc1Cl. The van der Waals surface area contributed by atoms with Crippen LogP contribution in [-0.4, -0.2) is 5.54 Å². The molecule has 14 heavy (non-hydrogen) atoms. The Labute approximate surface area is 95.4 Å². The van der Waals surface area contributed by atoms with E-state index < -0.39 is 0 Å². The Hall–Kier alpha value is -0.240. The third-order valence-corrected chi connectivity index (χ3v) is 2.42. The standard InChI is InChI=1S/C11H15Cl2N/c1-11(2,3)14-7-8-6-9(12)4-5-10(8)13/h4-6,14H,7H2,1-3H3. The molecule has 0 fully saturated rings. The largest absolute Gasteiger partial charge is 0.308 e. The number of nitrogens with one attached hydrogen (secondary N) is 1. The molecule has 0 aliphatic heterocycles. The minimum atomic E-state index is 0.0889. The van der Waals surface area contributed by atoms with Crippen LogP contribution in [0.4, 0.5) is 0 Å². The number of benzene rings is 1. The lowest BCUT2D eigenvalue weighted by atomic mass is 10.1. The fourth-order valence-corrected chi connectivity index (χ4v) is 1.42. The van der Waals surface area contributed by atoms with E-state index >= 15 is 0 Å². The fraction of sp³-hybridized carbons (Fsp3) is 0.455. The van der Waals surface area contributed by atoms with Crippen LogP contribution in [0, 0.1) is 0 Å². The average molecular weight is 232 g/mol. The summed E-state index contributed by atoms with van der Waals surface area (Å²) in [6.07, 6.45) is 0. The molecule has 1 nitrogen and oxygen atoms in total. The van der Waals surface area contributed by atoms with Crippen LogP contribution in [0.5, 0.6) is 0 Å². The Morgan fingerprint density at radius 2 is 1.86 bits per heavy atom. The minimum absolute atomic E-state index is 0.0889. The first-order valence-corrected chi connectivity index (χ1v) is 5.33. The predicted molar refractivity (Wildman–Crippen MR) is 63.1 cm³/mol. The molecule has 0 heterocycles. The van der Waals surface area contributed by atoms with Crippen molar-refractivity contribution in [3.63, 3.8) is 0 Å². The van der Waals surface area contributed by atoms with Crippen molar-refractivity contribution in [2.24, 2.45) is 0 Å². The van der Waals surface area contributed by atoms with E-state index in [-0.39, 0.29) is 5.54 Å². The maximum absolute atomic E-state index is 6.03. The van der Waals surface area contributed by atoms with E-state index in [9.17, 15) is 0 Å². The first kappa shape index (κ1) is 11.8. The maximum Gasteiger partial charge on any atom is 0.0451 e. The fourth-order valence-electron chi connectivity index (χ4n) is 1.04. The molecule has 1 aromatic carbocycles. The van der Waals surface area contributed by atoms with E-state index in [4.69, 9.17) is 23.2 Å². The smallest absolute Gasteiger partial charge is 0.0451 e. The summed E-state index contributed by atoms with van der Waals surface area (Å²) >= 11 is 11.9. The van der Waals surface area contributed by atoms with Crippen LogP contribution in [-0.2, 0) is 6.54 Å². The average Bonchev–Trinajstić information content (AvgIpc) is 2.05. The van der Waals surface area contributed by atoms with Gasteiger partial charge >= 0.3 is 0 Å². The van der Waals surface area contributed by atoms with E-state index in [0.29, 0.717) is 0 Å². The van der Waals surface area contributed by atoms with E-state index in [2.05, 4.69) is 26.1 Å². The van der Waals surface area contributed by atoms with Crippen LogP contribution in [0.15, 0.2) is 18.2 Å². The second kappa shape index (κ2) is 4.52. The Balaban J connectivity index is 2.72. The normalized spacial score (nSPS) is 11.8. The number of halogens is 2. The highest BCUT2D eigenvalue weighted by Crippen LogP contribution is 2.20. The lowest BCUT2D eigenvalue weighted by Gasteiger charge is -2.21. The van der Waals surface area contributed by atoms with Gasteiger partial charge in [-0.3, -0.25) is 0 Å². The number of hydrogen-bond donors (Lipinski definition) is 1. The van der Waals surface area contributed by atoms with Gasteiger partial charge in [0, 0.05) is 22.1 Å². The molecule has 1 rings (SSSR count). The molecule has 0 aliphatic rings. The molecule has 0 saturated carbocycles. The summed E-state index contributed by atoms with van der Waals surface area (Å²) < 4.78 is 0. The Kier molecular flexibility index (Phi) is 3.82. The van der Waals surface area contributed by atoms with Gasteiger partial charge < -0.3 is 5.32 Å². The molecule has 0 spiro atoms. The van der Waals surface area contributed by atoms with Gasteiger partial charge in [0.2, 0.25) is 0 Å². The van der Waals surface area contributed by atoms with Crippen LogP contribution in [0.1, 0.15) is 26.3 Å². The number of hydrogen-bond acceptors (Lipinski definition) is 1. The summed E-state index contributed by atoms with van der Waals surface area (Å²) in [5, 5.41) is 4.84. The first-order valence-electron chi connectivity index (χ1n) is 4.57. The molecule has 0 unspecified atom stereocenters. The quantitative estimate of drug-likeness (QED) is 0.815.